The normalized spacial score (nSPS) is 29.0. The lowest BCUT2D eigenvalue weighted by Gasteiger charge is -2.55. The van der Waals surface area contributed by atoms with Gasteiger partial charge in [0, 0.05) is 17.2 Å². The average Bonchev–Trinajstić information content (AvgIpc) is 2.42. The highest BCUT2D eigenvalue weighted by Gasteiger charge is 2.55. The third-order valence-electron chi connectivity index (χ3n) is 4.63. The summed E-state index contributed by atoms with van der Waals surface area (Å²) < 4.78 is 19.9. The van der Waals surface area contributed by atoms with Crippen LogP contribution in [0.5, 0.6) is 5.75 Å². The van der Waals surface area contributed by atoms with E-state index in [0.29, 0.717) is 4.47 Å². The summed E-state index contributed by atoms with van der Waals surface area (Å²) in [5.41, 5.74) is 0.146. The molecule has 19 heavy (non-hydrogen) atoms. The molecule has 104 valence electrons. The number of ether oxygens (including phenoxy) is 1. The molecule has 0 N–H and O–H groups in total. The van der Waals surface area contributed by atoms with Crippen LogP contribution in [-0.4, -0.2) is 11.5 Å². The van der Waals surface area contributed by atoms with Crippen molar-refractivity contribution >= 4 is 27.5 Å². The Labute approximate surface area is 126 Å². The number of alkyl halides is 1. The Morgan fingerprint density at radius 2 is 2.00 bits per heavy atom. The van der Waals surface area contributed by atoms with Crippen LogP contribution >= 0.6 is 27.5 Å². The third-order valence-corrected chi connectivity index (χ3v) is 5.87. The molecule has 0 heterocycles. The molecule has 0 aliphatic heterocycles. The maximum Gasteiger partial charge on any atom is 0.134 e. The van der Waals surface area contributed by atoms with Gasteiger partial charge in [-0.05, 0) is 47.0 Å². The van der Waals surface area contributed by atoms with Gasteiger partial charge in [0.15, 0.2) is 0 Å². The second kappa shape index (κ2) is 5.25. The summed E-state index contributed by atoms with van der Waals surface area (Å²) in [6.07, 6.45) is 7.18. The zero-order valence-electron chi connectivity index (χ0n) is 10.7. The van der Waals surface area contributed by atoms with E-state index in [2.05, 4.69) is 15.9 Å². The van der Waals surface area contributed by atoms with Gasteiger partial charge in [-0.2, -0.15) is 0 Å². The fourth-order valence-corrected chi connectivity index (χ4v) is 4.40. The maximum atomic E-state index is 13.1. The molecule has 2 saturated carbocycles. The standard InChI is InChI=1S/C15H17BrClFO/c16-11-8-10(18)4-5-12(11)19-14-9-13(17)15(14)6-2-1-3-7-15/h4-5,8,13-14H,1-3,6-7,9H2. The molecule has 2 aliphatic carbocycles. The topological polar surface area (TPSA) is 9.23 Å². The maximum absolute atomic E-state index is 13.1. The van der Waals surface area contributed by atoms with Gasteiger partial charge < -0.3 is 4.74 Å². The predicted octanol–water partition coefficient (Wildman–Crippen LogP) is 5.30. The lowest BCUT2D eigenvalue weighted by Crippen LogP contribution is -2.58. The van der Waals surface area contributed by atoms with E-state index in [1.54, 1.807) is 6.07 Å². The molecule has 4 heteroatoms. The average molecular weight is 348 g/mol. The van der Waals surface area contributed by atoms with Gasteiger partial charge in [0.25, 0.3) is 0 Å². The Hall–Kier alpha value is -0.280. The van der Waals surface area contributed by atoms with Crippen molar-refractivity contribution < 1.29 is 9.13 Å². The van der Waals surface area contributed by atoms with Gasteiger partial charge in [0.05, 0.1) is 4.47 Å². The molecule has 2 atom stereocenters. The van der Waals surface area contributed by atoms with Gasteiger partial charge in [0.2, 0.25) is 0 Å². The van der Waals surface area contributed by atoms with Gasteiger partial charge in [-0.1, -0.05) is 19.3 Å². The van der Waals surface area contributed by atoms with Crippen molar-refractivity contribution in [3.05, 3.63) is 28.5 Å². The SMILES string of the molecule is Fc1ccc(OC2CC(Cl)C23CCCCC3)c(Br)c1. The Morgan fingerprint density at radius 3 is 2.63 bits per heavy atom. The minimum Gasteiger partial charge on any atom is -0.489 e. The van der Waals surface area contributed by atoms with Crippen LogP contribution in [0.1, 0.15) is 38.5 Å². The molecule has 3 rings (SSSR count). The first kappa shape index (κ1) is 13.7. The number of halogens is 3. The summed E-state index contributed by atoms with van der Waals surface area (Å²) >= 11 is 9.82. The summed E-state index contributed by atoms with van der Waals surface area (Å²) in [6, 6.07) is 4.57. The highest BCUT2D eigenvalue weighted by atomic mass is 79.9. The number of benzene rings is 1. The third kappa shape index (κ3) is 2.40. The summed E-state index contributed by atoms with van der Waals surface area (Å²) in [5.74, 6) is 0.468. The molecule has 1 nitrogen and oxygen atoms in total. The molecule has 2 aliphatic rings. The number of rotatable bonds is 2. The molecule has 1 aromatic carbocycles. The minimum absolute atomic E-state index is 0.146. The molecule has 0 aromatic heterocycles. The molecule has 0 bridgehead atoms. The largest absolute Gasteiger partial charge is 0.489 e. The van der Waals surface area contributed by atoms with E-state index in [1.807, 2.05) is 0 Å². The van der Waals surface area contributed by atoms with Crippen LogP contribution in [0.15, 0.2) is 22.7 Å². The second-order valence-electron chi connectivity index (χ2n) is 5.68. The molecule has 0 saturated heterocycles. The predicted molar refractivity (Wildman–Crippen MR) is 78.3 cm³/mol. The summed E-state index contributed by atoms with van der Waals surface area (Å²) in [7, 11) is 0. The molecule has 1 aromatic rings. The van der Waals surface area contributed by atoms with Crippen molar-refractivity contribution in [2.45, 2.75) is 50.0 Å². The lowest BCUT2D eigenvalue weighted by molar-refractivity contribution is -0.0654. The molecule has 0 amide bonds. The highest BCUT2D eigenvalue weighted by Crippen LogP contribution is 2.56. The number of hydrogen-bond donors (Lipinski definition) is 0. The highest BCUT2D eigenvalue weighted by molar-refractivity contribution is 9.10. The van der Waals surface area contributed by atoms with Crippen LogP contribution in [-0.2, 0) is 0 Å². The quantitative estimate of drug-likeness (QED) is 0.660. The van der Waals surface area contributed by atoms with Crippen molar-refractivity contribution in [1.29, 1.82) is 0 Å². The van der Waals surface area contributed by atoms with Crippen LogP contribution in [0.3, 0.4) is 0 Å². The van der Waals surface area contributed by atoms with Crippen molar-refractivity contribution in [1.82, 2.24) is 0 Å². The number of hydrogen-bond acceptors (Lipinski definition) is 1. The van der Waals surface area contributed by atoms with Gasteiger partial charge in [-0.3, -0.25) is 0 Å². The van der Waals surface area contributed by atoms with E-state index in [9.17, 15) is 4.39 Å². The van der Waals surface area contributed by atoms with Crippen LogP contribution in [0.25, 0.3) is 0 Å². The molecule has 0 radical (unpaired) electrons. The van der Waals surface area contributed by atoms with E-state index in [4.69, 9.17) is 16.3 Å². The van der Waals surface area contributed by atoms with E-state index in [1.165, 1.54) is 31.4 Å². The smallest absolute Gasteiger partial charge is 0.134 e. The van der Waals surface area contributed by atoms with E-state index >= 15 is 0 Å². The molecule has 2 unspecified atom stereocenters. The first-order valence-corrected chi connectivity index (χ1v) is 8.10. The van der Waals surface area contributed by atoms with Crippen molar-refractivity contribution in [3.8, 4) is 5.75 Å². The van der Waals surface area contributed by atoms with Crippen LogP contribution < -0.4 is 4.74 Å². The molecular weight excluding hydrogens is 331 g/mol. The Bertz CT molecular complexity index is 473. The fourth-order valence-electron chi connectivity index (χ4n) is 3.43. The monoisotopic (exact) mass is 346 g/mol. The van der Waals surface area contributed by atoms with Gasteiger partial charge in [0.1, 0.15) is 17.7 Å². The van der Waals surface area contributed by atoms with Gasteiger partial charge in [-0.25, -0.2) is 4.39 Å². The summed E-state index contributed by atoms with van der Waals surface area (Å²) in [5, 5.41) is 0.233. The fraction of sp³-hybridized carbons (Fsp3) is 0.600. The first-order valence-electron chi connectivity index (χ1n) is 6.87. The van der Waals surface area contributed by atoms with Crippen LogP contribution in [0, 0.1) is 11.2 Å². The lowest BCUT2D eigenvalue weighted by atomic mass is 9.58. The Morgan fingerprint density at radius 1 is 1.26 bits per heavy atom. The first-order chi connectivity index (χ1) is 9.12. The minimum atomic E-state index is -0.254. The summed E-state index contributed by atoms with van der Waals surface area (Å²) in [6.45, 7) is 0. The zero-order chi connectivity index (χ0) is 13.5. The van der Waals surface area contributed by atoms with Gasteiger partial charge >= 0.3 is 0 Å². The van der Waals surface area contributed by atoms with Crippen LogP contribution in [0.2, 0.25) is 0 Å². The van der Waals surface area contributed by atoms with Crippen molar-refractivity contribution in [2.75, 3.05) is 0 Å². The van der Waals surface area contributed by atoms with E-state index < -0.39 is 0 Å². The second-order valence-corrected chi connectivity index (χ2v) is 7.06. The summed E-state index contributed by atoms with van der Waals surface area (Å²) in [4.78, 5) is 0. The van der Waals surface area contributed by atoms with Crippen molar-refractivity contribution in [3.63, 3.8) is 0 Å². The molecular formula is C15H17BrClFO. The molecule has 1 spiro atoms. The zero-order valence-corrected chi connectivity index (χ0v) is 13.0. The van der Waals surface area contributed by atoms with E-state index in [0.717, 1.165) is 25.0 Å². The Kier molecular flexibility index (Phi) is 3.78. The molecule has 2 fully saturated rings. The Balaban J connectivity index is 1.76. The van der Waals surface area contributed by atoms with E-state index in [-0.39, 0.29) is 22.7 Å². The van der Waals surface area contributed by atoms with Crippen molar-refractivity contribution in [2.24, 2.45) is 5.41 Å². The van der Waals surface area contributed by atoms with Gasteiger partial charge in [-0.15, -0.1) is 11.6 Å². The van der Waals surface area contributed by atoms with Crippen LogP contribution in [0.4, 0.5) is 4.39 Å².